The fourth-order valence-corrected chi connectivity index (χ4v) is 1.76. The Kier molecular flexibility index (Phi) is 3.79. The third kappa shape index (κ3) is 3.09. The van der Waals surface area contributed by atoms with Gasteiger partial charge in [0.15, 0.2) is 11.4 Å². The molecule has 100 valence electrons. The fraction of sp³-hybridized carbons (Fsp3) is 0.308. The molecular formula is C13H13NO5. The van der Waals surface area contributed by atoms with Crippen LogP contribution in [0, 0.1) is 0 Å². The summed E-state index contributed by atoms with van der Waals surface area (Å²) < 4.78 is 9.38. The van der Waals surface area contributed by atoms with Gasteiger partial charge in [-0.05, 0) is 24.6 Å². The predicted molar refractivity (Wildman–Crippen MR) is 67.0 cm³/mol. The first-order chi connectivity index (χ1) is 9.10. The van der Waals surface area contributed by atoms with Crippen LogP contribution in [-0.2, 0) is 9.53 Å². The molecule has 0 aliphatic heterocycles. The molecule has 0 radical (unpaired) electrons. The summed E-state index contributed by atoms with van der Waals surface area (Å²) in [4.78, 5) is 36.3. The maximum absolute atomic E-state index is 11.9. The number of benzene rings is 1. The maximum atomic E-state index is 11.9. The number of ether oxygens (including phenoxy) is 1. The van der Waals surface area contributed by atoms with Crippen molar-refractivity contribution in [2.75, 3.05) is 7.11 Å². The van der Waals surface area contributed by atoms with Gasteiger partial charge >= 0.3 is 11.7 Å². The summed E-state index contributed by atoms with van der Waals surface area (Å²) in [6.07, 6.45) is 0.889. The summed E-state index contributed by atoms with van der Waals surface area (Å²) >= 11 is 0. The van der Waals surface area contributed by atoms with Crippen molar-refractivity contribution >= 4 is 22.9 Å². The number of rotatable bonds is 5. The van der Waals surface area contributed by atoms with Crippen molar-refractivity contribution in [1.82, 2.24) is 4.98 Å². The van der Waals surface area contributed by atoms with Gasteiger partial charge < -0.3 is 9.15 Å². The van der Waals surface area contributed by atoms with Gasteiger partial charge in [0.05, 0.1) is 12.6 Å². The molecule has 0 atom stereocenters. The second kappa shape index (κ2) is 5.51. The van der Waals surface area contributed by atoms with Gasteiger partial charge in [-0.25, -0.2) is 4.79 Å². The number of nitrogens with one attached hydrogen (secondary N) is 1. The van der Waals surface area contributed by atoms with Gasteiger partial charge in [-0.3, -0.25) is 14.6 Å². The topological polar surface area (TPSA) is 89.4 Å². The molecule has 0 bridgehead atoms. The van der Waals surface area contributed by atoms with Crippen molar-refractivity contribution < 1.29 is 18.7 Å². The number of carbonyl (C=O) groups is 2. The summed E-state index contributed by atoms with van der Waals surface area (Å²) in [6, 6.07) is 4.76. The van der Waals surface area contributed by atoms with Crippen molar-refractivity contribution in [3.63, 3.8) is 0 Å². The monoisotopic (exact) mass is 263 g/mol. The summed E-state index contributed by atoms with van der Waals surface area (Å²) in [5.74, 6) is -0.986. The molecule has 0 saturated carbocycles. The van der Waals surface area contributed by atoms with Crippen LogP contribution in [0.4, 0.5) is 0 Å². The van der Waals surface area contributed by atoms with E-state index in [0.29, 0.717) is 23.1 Å². The van der Waals surface area contributed by atoms with E-state index in [1.807, 2.05) is 0 Å². The minimum absolute atomic E-state index is 0.102. The van der Waals surface area contributed by atoms with E-state index in [1.165, 1.54) is 13.2 Å². The molecule has 2 aromatic rings. The number of fused-ring (bicyclic) bond motifs is 1. The van der Waals surface area contributed by atoms with E-state index in [2.05, 4.69) is 9.72 Å². The number of methoxy groups -OCH3 is 1. The highest BCUT2D eigenvalue weighted by molar-refractivity contribution is 5.98. The molecule has 0 aliphatic rings. The van der Waals surface area contributed by atoms with E-state index in [1.54, 1.807) is 12.1 Å². The quantitative estimate of drug-likeness (QED) is 0.654. The van der Waals surface area contributed by atoms with Crippen LogP contribution in [0.25, 0.3) is 11.1 Å². The van der Waals surface area contributed by atoms with Gasteiger partial charge in [-0.15, -0.1) is 0 Å². The largest absolute Gasteiger partial charge is 0.469 e. The molecule has 6 heteroatoms. The standard InChI is InChI=1S/C13H13NO5/c1-18-12(16)4-2-3-10(15)8-5-6-9-11(7-8)19-13(17)14-9/h5-7H,2-4H2,1H3,(H,14,17). The Morgan fingerprint density at radius 2 is 2.11 bits per heavy atom. The number of esters is 1. The number of H-pyrrole nitrogens is 1. The van der Waals surface area contributed by atoms with Gasteiger partial charge in [0, 0.05) is 18.4 Å². The number of aromatic amines is 1. The Hall–Kier alpha value is -2.37. The first kappa shape index (κ1) is 13.1. The number of Topliss-reactive ketones (excluding diaryl/α,β-unsaturated/α-hetero) is 1. The fourth-order valence-electron chi connectivity index (χ4n) is 1.76. The van der Waals surface area contributed by atoms with Crippen molar-refractivity contribution in [3.05, 3.63) is 34.3 Å². The Balaban J connectivity index is 2.04. The molecule has 0 unspecified atom stereocenters. The molecule has 0 saturated heterocycles. The van der Waals surface area contributed by atoms with Crippen molar-refractivity contribution in [3.8, 4) is 0 Å². The first-order valence-corrected chi connectivity index (χ1v) is 5.83. The Morgan fingerprint density at radius 3 is 2.84 bits per heavy atom. The van der Waals surface area contributed by atoms with Gasteiger partial charge in [0.2, 0.25) is 0 Å². The second-order valence-electron chi connectivity index (χ2n) is 4.08. The van der Waals surface area contributed by atoms with Crippen LogP contribution < -0.4 is 5.76 Å². The molecule has 0 amide bonds. The highest BCUT2D eigenvalue weighted by Crippen LogP contribution is 2.14. The lowest BCUT2D eigenvalue weighted by molar-refractivity contribution is -0.140. The van der Waals surface area contributed by atoms with Crippen LogP contribution in [0.5, 0.6) is 0 Å². The van der Waals surface area contributed by atoms with Crippen molar-refractivity contribution in [2.24, 2.45) is 0 Å². The lowest BCUT2D eigenvalue weighted by Crippen LogP contribution is -2.03. The number of hydrogen-bond donors (Lipinski definition) is 1. The summed E-state index contributed by atoms with van der Waals surface area (Å²) in [7, 11) is 1.31. The smallest absolute Gasteiger partial charge is 0.417 e. The number of hydrogen-bond acceptors (Lipinski definition) is 5. The molecule has 19 heavy (non-hydrogen) atoms. The van der Waals surface area contributed by atoms with Gasteiger partial charge in [0.1, 0.15) is 0 Å². The van der Waals surface area contributed by atoms with E-state index in [-0.39, 0.29) is 24.6 Å². The van der Waals surface area contributed by atoms with Crippen LogP contribution >= 0.6 is 0 Å². The minimum atomic E-state index is -0.551. The van der Waals surface area contributed by atoms with Crippen molar-refractivity contribution in [2.45, 2.75) is 19.3 Å². The van der Waals surface area contributed by atoms with Crippen LogP contribution in [-0.4, -0.2) is 23.8 Å². The van der Waals surface area contributed by atoms with E-state index in [9.17, 15) is 14.4 Å². The predicted octanol–water partition coefficient (Wildman–Crippen LogP) is 1.65. The zero-order valence-electron chi connectivity index (χ0n) is 10.4. The van der Waals surface area contributed by atoms with Gasteiger partial charge in [-0.1, -0.05) is 0 Å². The zero-order chi connectivity index (χ0) is 13.8. The lowest BCUT2D eigenvalue weighted by Gasteiger charge is -2.00. The highest BCUT2D eigenvalue weighted by atomic mass is 16.5. The molecule has 1 aromatic carbocycles. The minimum Gasteiger partial charge on any atom is -0.469 e. The molecule has 1 N–H and O–H groups in total. The van der Waals surface area contributed by atoms with E-state index in [4.69, 9.17) is 4.42 Å². The molecule has 0 fully saturated rings. The van der Waals surface area contributed by atoms with E-state index >= 15 is 0 Å². The van der Waals surface area contributed by atoms with Crippen molar-refractivity contribution in [1.29, 1.82) is 0 Å². The lowest BCUT2D eigenvalue weighted by atomic mass is 10.1. The molecular weight excluding hydrogens is 250 g/mol. The maximum Gasteiger partial charge on any atom is 0.417 e. The third-order valence-electron chi connectivity index (χ3n) is 2.76. The number of carbonyl (C=O) groups excluding carboxylic acids is 2. The highest BCUT2D eigenvalue weighted by Gasteiger charge is 2.10. The molecule has 1 aromatic heterocycles. The molecule has 6 nitrogen and oxygen atoms in total. The summed E-state index contributed by atoms with van der Waals surface area (Å²) in [6.45, 7) is 0. The van der Waals surface area contributed by atoms with Crippen LogP contribution in [0.2, 0.25) is 0 Å². The molecule has 1 heterocycles. The molecule has 0 spiro atoms. The second-order valence-corrected chi connectivity index (χ2v) is 4.08. The normalized spacial score (nSPS) is 10.6. The number of aromatic nitrogens is 1. The Morgan fingerprint density at radius 1 is 1.32 bits per heavy atom. The molecule has 0 aliphatic carbocycles. The number of oxazole rings is 1. The van der Waals surface area contributed by atoms with E-state index in [0.717, 1.165) is 0 Å². The Bertz CT molecular complexity index is 667. The zero-order valence-corrected chi connectivity index (χ0v) is 10.4. The van der Waals surface area contributed by atoms with Crippen LogP contribution in [0.15, 0.2) is 27.4 Å². The summed E-state index contributed by atoms with van der Waals surface area (Å²) in [5, 5.41) is 0. The summed E-state index contributed by atoms with van der Waals surface area (Å²) in [5.41, 5.74) is 1.36. The van der Waals surface area contributed by atoms with E-state index < -0.39 is 5.76 Å². The SMILES string of the molecule is COC(=O)CCCC(=O)c1ccc2[nH]c(=O)oc2c1. The first-order valence-electron chi connectivity index (χ1n) is 5.83. The average Bonchev–Trinajstić information content (AvgIpc) is 2.77. The number of ketones is 1. The van der Waals surface area contributed by atoms with Crippen LogP contribution in [0.3, 0.4) is 0 Å². The average molecular weight is 263 g/mol. The third-order valence-corrected chi connectivity index (χ3v) is 2.76. The van der Waals surface area contributed by atoms with Crippen LogP contribution in [0.1, 0.15) is 29.6 Å². The Labute approximate surface area is 108 Å². The van der Waals surface area contributed by atoms with Gasteiger partial charge in [-0.2, -0.15) is 0 Å². The molecule has 2 rings (SSSR count). The van der Waals surface area contributed by atoms with Gasteiger partial charge in [0.25, 0.3) is 0 Å².